The van der Waals surface area contributed by atoms with Crippen molar-refractivity contribution in [3.63, 3.8) is 0 Å². The predicted molar refractivity (Wildman–Crippen MR) is 86.1 cm³/mol. The van der Waals surface area contributed by atoms with Crippen LogP contribution in [0, 0.1) is 5.41 Å². The molecule has 1 aromatic carbocycles. The standard InChI is InChI=1S/C15H22Br2O/c1-2-9-15(12-16,13-17)10-6-11-18-14-7-4-3-5-8-14/h3-5,7-8H,2,6,9-13H2,1H3. The number of ether oxygens (including phenoxy) is 1. The van der Waals surface area contributed by atoms with Crippen molar-refractivity contribution >= 4 is 31.9 Å². The van der Waals surface area contributed by atoms with E-state index >= 15 is 0 Å². The van der Waals surface area contributed by atoms with Gasteiger partial charge in [0.15, 0.2) is 0 Å². The second kappa shape index (κ2) is 8.98. The Hall–Kier alpha value is -0.0200. The molecule has 0 fully saturated rings. The monoisotopic (exact) mass is 376 g/mol. The number of alkyl halides is 2. The van der Waals surface area contributed by atoms with Gasteiger partial charge in [-0.1, -0.05) is 63.4 Å². The summed E-state index contributed by atoms with van der Waals surface area (Å²) < 4.78 is 5.74. The Kier molecular flexibility index (Phi) is 8.00. The molecule has 1 aromatic rings. The van der Waals surface area contributed by atoms with Crippen molar-refractivity contribution in [1.29, 1.82) is 0 Å². The van der Waals surface area contributed by atoms with E-state index in [4.69, 9.17) is 4.74 Å². The minimum atomic E-state index is 0.384. The van der Waals surface area contributed by atoms with Gasteiger partial charge in [0.05, 0.1) is 6.61 Å². The molecule has 0 saturated heterocycles. The summed E-state index contributed by atoms with van der Waals surface area (Å²) in [6, 6.07) is 10.0. The lowest BCUT2D eigenvalue weighted by Crippen LogP contribution is -2.25. The van der Waals surface area contributed by atoms with Gasteiger partial charge in [-0.15, -0.1) is 0 Å². The molecule has 0 atom stereocenters. The molecule has 0 aromatic heterocycles. The van der Waals surface area contributed by atoms with E-state index in [-0.39, 0.29) is 0 Å². The molecule has 18 heavy (non-hydrogen) atoms. The summed E-state index contributed by atoms with van der Waals surface area (Å²) in [6.45, 7) is 3.05. The number of rotatable bonds is 9. The lowest BCUT2D eigenvalue weighted by molar-refractivity contribution is 0.254. The van der Waals surface area contributed by atoms with Gasteiger partial charge in [0.1, 0.15) is 5.75 Å². The van der Waals surface area contributed by atoms with Crippen LogP contribution in [-0.4, -0.2) is 17.3 Å². The van der Waals surface area contributed by atoms with Crippen LogP contribution < -0.4 is 4.74 Å². The van der Waals surface area contributed by atoms with Crippen molar-refractivity contribution < 1.29 is 4.74 Å². The van der Waals surface area contributed by atoms with E-state index in [1.807, 2.05) is 30.3 Å². The highest BCUT2D eigenvalue weighted by Gasteiger charge is 2.26. The van der Waals surface area contributed by atoms with Gasteiger partial charge in [-0.3, -0.25) is 0 Å². The van der Waals surface area contributed by atoms with Gasteiger partial charge in [-0.25, -0.2) is 0 Å². The third kappa shape index (κ3) is 5.31. The fourth-order valence-corrected chi connectivity index (χ4v) is 4.16. The molecule has 0 bridgehead atoms. The first kappa shape index (κ1) is 16.0. The fraction of sp³-hybridized carbons (Fsp3) is 0.600. The maximum Gasteiger partial charge on any atom is 0.119 e. The van der Waals surface area contributed by atoms with Crippen molar-refractivity contribution in [3.05, 3.63) is 30.3 Å². The summed E-state index contributed by atoms with van der Waals surface area (Å²) >= 11 is 7.32. The van der Waals surface area contributed by atoms with Gasteiger partial charge in [0.25, 0.3) is 0 Å². The highest BCUT2D eigenvalue weighted by molar-refractivity contribution is 9.09. The SMILES string of the molecule is CCCC(CBr)(CBr)CCCOc1ccccc1. The van der Waals surface area contributed by atoms with Crippen LogP contribution in [0.15, 0.2) is 30.3 Å². The van der Waals surface area contributed by atoms with E-state index in [1.54, 1.807) is 0 Å². The topological polar surface area (TPSA) is 9.23 Å². The zero-order chi connectivity index (χ0) is 13.3. The maximum absolute atomic E-state index is 5.74. The minimum absolute atomic E-state index is 0.384. The molecule has 0 aliphatic rings. The van der Waals surface area contributed by atoms with E-state index in [2.05, 4.69) is 38.8 Å². The van der Waals surface area contributed by atoms with Gasteiger partial charge < -0.3 is 4.74 Å². The summed E-state index contributed by atoms with van der Waals surface area (Å²) in [5.41, 5.74) is 0.384. The van der Waals surface area contributed by atoms with Crippen LogP contribution in [0.4, 0.5) is 0 Å². The van der Waals surface area contributed by atoms with E-state index < -0.39 is 0 Å². The molecule has 3 heteroatoms. The summed E-state index contributed by atoms with van der Waals surface area (Å²) in [5.74, 6) is 0.969. The molecule has 0 heterocycles. The molecular weight excluding hydrogens is 356 g/mol. The van der Waals surface area contributed by atoms with Crippen LogP contribution in [0.2, 0.25) is 0 Å². The lowest BCUT2D eigenvalue weighted by atomic mass is 9.83. The first-order valence-electron chi connectivity index (χ1n) is 6.56. The van der Waals surface area contributed by atoms with Crippen LogP contribution >= 0.6 is 31.9 Å². The summed E-state index contributed by atoms with van der Waals surface area (Å²) in [7, 11) is 0. The molecule has 0 N–H and O–H groups in total. The summed E-state index contributed by atoms with van der Waals surface area (Å²) in [4.78, 5) is 0. The molecule has 0 unspecified atom stereocenters. The van der Waals surface area contributed by atoms with Gasteiger partial charge in [-0.2, -0.15) is 0 Å². The molecular formula is C15H22Br2O. The molecule has 1 nitrogen and oxygen atoms in total. The minimum Gasteiger partial charge on any atom is -0.494 e. The number of para-hydroxylation sites is 1. The highest BCUT2D eigenvalue weighted by atomic mass is 79.9. The third-order valence-electron chi connectivity index (χ3n) is 3.21. The number of halogens is 2. The first-order valence-corrected chi connectivity index (χ1v) is 8.80. The number of hydrogen-bond acceptors (Lipinski definition) is 1. The Bertz CT molecular complexity index is 310. The lowest BCUT2D eigenvalue weighted by Gasteiger charge is -2.29. The van der Waals surface area contributed by atoms with Gasteiger partial charge >= 0.3 is 0 Å². The largest absolute Gasteiger partial charge is 0.494 e. The predicted octanol–water partition coefficient (Wildman–Crippen LogP) is 5.42. The Morgan fingerprint density at radius 2 is 1.72 bits per heavy atom. The zero-order valence-corrected chi connectivity index (χ0v) is 14.2. The van der Waals surface area contributed by atoms with Crippen LogP contribution in [0.3, 0.4) is 0 Å². The fourth-order valence-electron chi connectivity index (χ4n) is 2.11. The quantitative estimate of drug-likeness (QED) is 0.412. The van der Waals surface area contributed by atoms with Crippen molar-refractivity contribution in [2.24, 2.45) is 5.41 Å². The van der Waals surface area contributed by atoms with Crippen molar-refractivity contribution in [1.82, 2.24) is 0 Å². The second-order valence-corrected chi connectivity index (χ2v) is 5.90. The molecule has 0 spiro atoms. The van der Waals surface area contributed by atoms with Gasteiger partial charge in [0.2, 0.25) is 0 Å². The smallest absolute Gasteiger partial charge is 0.119 e. The molecule has 0 saturated carbocycles. The van der Waals surface area contributed by atoms with E-state index in [0.29, 0.717) is 5.41 Å². The third-order valence-corrected chi connectivity index (χ3v) is 5.59. The van der Waals surface area contributed by atoms with Crippen LogP contribution in [-0.2, 0) is 0 Å². The molecule has 0 radical (unpaired) electrons. The summed E-state index contributed by atoms with van der Waals surface area (Å²) in [6.07, 6.45) is 4.79. The normalized spacial score (nSPS) is 11.5. The Morgan fingerprint density at radius 3 is 2.28 bits per heavy atom. The first-order chi connectivity index (χ1) is 8.76. The van der Waals surface area contributed by atoms with Crippen molar-refractivity contribution in [2.45, 2.75) is 32.6 Å². The molecule has 102 valence electrons. The van der Waals surface area contributed by atoms with E-state index in [0.717, 1.165) is 29.4 Å². The highest BCUT2D eigenvalue weighted by Crippen LogP contribution is 2.34. The second-order valence-electron chi connectivity index (χ2n) is 4.78. The Labute approximate surface area is 128 Å². The van der Waals surface area contributed by atoms with Crippen LogP contribution in [0.25, 0.3) is 0 Å². The zero-order valence-electron chi connectivity index (χ0n) is 11.0. The molecule has 1 rings (SSSR count). The van der Waals surface area contributed by atoms with Crippen LogP contribution in [0.1, 0.15) is 32.6 Å². The molecule has 0 amide bonds. The number of benzene rings is 1. The van der Waals surface area contributed by atoms with E-state index in [1.165, 1.54) is 19.3 Å². The molecule has 0 aliphatic carbocycles. The number of hydrogen-bond donors (Lipinski definition) is 0. The average Bonchev–Trinajstić information content (AvgIpc) is 2.43. The molecule has 0 aliphatic heterocycles. The Morgan fingerprint density at radius 1 is 1.06 bits per heavy atom. The van der Waals surface area contributed by atoms with Crippen LogP contribution in [0.5, 0.6) is 5.75 Å². The van der Waals surface area contributed by atoms with E-state index in [9.17, 15) is 0 Å². The van der Waals surface area contributed by atoms with Crippen molar-refractivity contribution in [2.75, 3.05) is 17.3 Å². The maximum atomic E-state index is 5.74. The van der Waals surface area contributed by atoms with Gasteiger partial charge in [0, 0.05) is 10.7 Å². The average molecular weight is 378 g/mol. The van der Waals surface area contributed by atoms with Gasteiger partial charge in [-0.05, 0) is 36.8 Å². The Balaban J connectivity index is 2.31. The summed E-state index contributed by atoms with van der Waals surface area (Å²) in [5, 5.41) is 2.12. The van der Waals surface area contributed by atoms with Crippen molar-refractivity contribution in [3.8, 4) is 5.75 Å².